The molecule has 5 nitrogen and oxygen atoms in total. The first-order valence-electron chi connectivity index (χ1n) is 7.22. The van der Waals surface area contributed by atoms with Gasteiger partial charge in [0.25, 0.3) is 0 Å². The SMILES string of the molecule is CCNc1cc(NC2(CO)CCCC2)nc(CC)n1. The van der Waals surface area contributed by atoms with Gasteiger partial charge in [-0.25, -0.2) is 9.97 Å². The minimum Gasteiger partial charge on any atom is -0.394 e. The molecular formula is C14H24N4O. The zero-order valence-electron chi connectivity index (χ0n) is 11.9. The van der Waals surface area contributed by atoms with Crippen molar-refractivity contribution < 1.29 is 5.11 Å². The molecule has 0 radical (unpaired) electrons. The fourth-order valence-electron chi connectivity index (χ4n) is 2.64. The van der Waals surface area contributed by atoms with Crippen molar-refractivity contribution in [3.05, 3.63) is 11.9 Å². The lowest BCUT2D eigenvalue weighted by Crippen LogP contribution is -2.39. The predicted molar refractivity (Wildman–Crippen MR) is 77.5 cm³/mol. The number of aromatic nitrogens is 2. The second kappa shape index (κ2) is 6.19. The van der Waals surface area contributed by atoms with Crippen LogP contribution >= 0.6 is 0 Å². The van der Waals surface area contributed by atoms with Crippen LogP contribution in [0.25, 0.3) is 0 Å². The maximum atomic E-state index is 9.66. The molecule has 5 heteroatoms. The number of nitrogens with one attached hydrogen (secondary N) is 2. The van der Waals surface area contributed by atoms with Gasteiger partial charge in [-0.15, -0.1) is 0 Å². The lowest BCUT2D eigenvalue weighted by molar-refractivity contribution is 0.214. The van der Waals surface area contributed by atoms with E-state index in [1.54, 1.807) is 0 Å². The van der Waals surface area contributed by atoms with Crippen molar-refractivity contribution in [2.24, 2.45) is 0 Å². The van der Waals surface area contributed by atoms with Gasteiger partial charge < -0.3 is 15.7 Å². The number of aliphatic hydroxyl groups is 1. The molecule has 1 fully saturated rings. The molecule has 1 aliphatic carbocycles. The van der Waals surface area contributed by atoms with Crippen LogP contribution in [0.2, 0.25) is 0 Å². The van der Waals surface area contributed by atoms with E-state index in [9.17, 15) is 5.11 Å². The zero-order chi connectivity index (χ0) is 13.7. The minimum atomic E-state index is -0.192. The van der Waals surface area contributed by atoms with Crippen LogP contribution in [0.4, 0.5) is 11.6 Å². The van der Waals surface area contributed by atoms with Crippen molar-refractivity contribution in [1.29, 1.82) is 0 Å². The zero-order valence-corrected chi connectivity index (χ0v) is 11.9. The highest BCUT2D eigenvalue weighted by Gasteiger charge is 2.33. The Morgan fingerprint density at radius 3 is 2.47 bits per heavy atom. The van der Waals surface area contributed by atoms with E-state index >= 15 is 0 Å². The second-order valence-corrected chi connectivity index (χ2v) is 5.21. The van der Waals surface area contributed by atoms with Crippen molar-refractivity contribution in [3.63, 3.8) is 0 Å². The van der Waals surface area contributed by atoms with E-state index in [0.717, 1.165) is 43.3 Å². The molecule has 0 atom stereocenters. The van der Waals surface area contributed by atoms with E-state index in [-0.39, 0.29) is 12.1 Å². The Kier molecular flexibility index (Phi) is 4.58. The Morgan fingerprint density at radius 2 is 1.89 bits per heavy atom. The number of rotatable bonds is 6. The van der Waals surface area contributed by atoms with Gasteiger partial charge in [0.15, 0.2) is 0 Å². The van der Waals surface area contributed by atoms with E-state index in [1.165, 1.54) is 12.8 Å². The third-order valence-electron chi connectivity index (χ3n) is 3.70. The van der Waals surface area contributed by atoms with Gasteiger partial charge >= 0.3 is 0 Å². The smallest absolute Gasteiger partial charge is 0.132 e. The van der Waals surface area contributed by atoms with E-state index in [2.05, 4.69) is 20.6 Å². The molecule has 0 amide bonds. The quantitative estimate of drug-likeness (QED) is 0.734. The fraction of sp³-hybridized carbons (Fsp3) is 0.714. The topological polar surface area (TPSA) is 70.1 Å². The molecule has 1 aromatic rings. The van der Waals surface area contributed by atoms with E-state index in [0.29, 0.717) is 0 Å². The monoisotopic (exact) mass is 264 g/mol. The molecule has 0 aromatic carbocycles. The molecule has 0 unspecified atom stereocenters. The van der Waals surface area contributed by atoms with Gasteiger partial charge in [0.05, 0.1) is 12.1 Å². The number of hydrogen-bond acceptors (Lipinski definition) is 5. The molecule has 1 aromatic heterocycles. The van der Waals surface area contributed by atoms with Crippen LogP contribution in [-0.4, -0.2) is 33.8 Å². The molecule has 0 saturated heterocycles. The Labute approximate surface area is 114 Å². The Hall–Kier alpha value is -1.36. The van der Waals surface area contributed by atoms with Crippen molar-refractivity contribution >= 4 is 11.6 Å². The van der Waals surface area contributed by atoms with Crippen molar-refractivity contribution in [3.8, 4) is 0 Å². The summed E-state index contributed by atoms with van der Waals surface area (Å²) in [5.74, 6) is 2.49. The van der Waals surface area contributed by atoms with Crippen LogP contribution < -0.4 is 10.6 Å². The summed E-state index contributed by atoms with van der Waals surface area (Å²) in [4.78, 5) is 8.96. The van der Waals surface area contributed by atoms with Crippen LogP contribution in [0.15, 0.2) is 6.07 Å². The summed E-state index contributed by atoms with van der Waals surface area (Å²) in [5.41, 5.74) is -0.192. The highest BCUT2D eigenvalue weighted by molar-refractivity contribution is 5.49. The number of hydrogen-bond donors (Lipinski definition) is 3. The van der Waals surface area contributed by atoms with Gasteiger partial charge in [-0.1, -0.05) is 19.8 Å². The highest BCUT2D eigenvalue weighted by Crippen LogP contribution is 2.32. The van der Waals surface area contributed by atoms with Gasteiger partial charge in [0, 0.05) is 19.0 Å². The first kappa shape index (κ1) is 14.1. The molecule has 0 spiro atoms. The maximum Gasteiger partial charge on any atom is 0.132 e. The highest BCUT2D eigenvalue weighted by atomic mass is 16.3. The van der Waals surface area contributed by atoms with Gasteiger partial charge in [0.1, 0.15) is 17.5 Å². The van der Waals surface area contributed by atoms with Crippen LogP contribution in [-0.2, 0) is 6.42 Å². The summed E-state index contributed by atoms with van der Waals surface area (Å²) in [6.45, 7) is 5.10. The van der Waals surface area contributed by atoms with Gasteiger partial charge in [-0.3, -0.25) is 0 Å². The molecule has 106 valence electrons. The van der Waals surface area contributed by atoms with Gasteiger partial charge in [-0.2, -0.15) is 0 Å². The lowest BCUT2D eigenvalue weighted by Gasteiger charge is -2.28. The van der Waals surface area contributed by atoms with Crippen molar-refractivity contribution in [2.75, 3.05) is 23.8 Å². The number of aliphatic hydroxyl groups excluding tert-OH is 1. The average molecular weight is 264 g/mol. The largest absolute Gasteiger partial charge is 0.394 e. The molecule has 19 heavy (non-hydrogen) atoms. The summed E-state index contributed by atoms with van der Waals surface area (Å²) in [6.07, 6.45) is 5.15. The predicted octanol–water partition coefficient (Wildman–Crippen LogP) is 2.19. The summed E-state index contributed by atoms with van der Waals surface area (Å²) < 4.78 is 0. The summed E-state index contributed by atoms with van der Waals surface area (Å²) in [5, 5.41) is 16.3. The molecular weight excluding hydrogens is 240 g/mol. The molecule has 2 rings (SSSR count). The summed E-state index contributed by atoms with van der Waals surface area (Å²) in [7, 11) is 0. The molecule has 1 saturated carbocycles. The maximum absolute atomic E-state index is 9.66. The van der Waals surface area contributed by atoms with Crippen LogP contribution in [0, 0.1) is 0 Å². The Balaban J connectivity index is 2.20. The van der Waals surface area contributed by atoms with Crippen molar-refractivity contribution in [2.45, 2.75) is 51.5 Å². The number of aryl methyl sites for hydroxylation is 1. The average Bonchev–Trinajstić information content (AvgIpc) is 2.88. The molecule has 0 aliphatic heterocycles. The normalized spacial score (nSPS) is 17.4. The Morgan fingerprint density at radius 1 is 1.21 bits per heavy atom. The fourth-order valence-corrected chi connectivity index (χ4v) is 2.64. The van der Waals surface area contributed by atoms with Crippen molar-refractivity contribution in [1.82, 2.24) is 9.97 Å². The Bertz CT molecular complexity index is 416. The summed E-state index contributed by atoms with van der Waals surface area (Å²) >= 11 is 0. The standard InChI is InChI=1S/C14H24N4O/c1-3-11-16-12(15-4-2)9-13(17-11)18-14(10-19)7-5-6-8-14/h9,19H,3-8,10H2,1-2H3,(H2,15,16,17,18). The van der Waals surface area contributed by atoms with E-state index in [1.807, 2.05) is 19.9 Å². The molecule has 0 bridgehead atoms. The van der Waals surface area contributed by atoms with E-state index < -0.39 is 0 Å². The third kappa shape index (κ3) is 3.35. The van der Waals surface area contributed by atoms with Crippen LogP contribution in [0.1, 0.15) is 45.4 Å². The van der Waals surface area contributed by atoms with Crippen LogP contribution in [0.3, 0.4) is 0 Å². The van der Waals surface area contributed by atoms with Gasteiger partial charge in [0.2, 0.25) is 0 Å². The lowest BCUT2D eigenvalue weighted by atomic mass is 9.99. The molecule has 1 heterocycles. The first-order valence-corrected chi connectivity index (χ1v) is 7.22. The summed E-state index contributed by atoms with van der Waals surface area (Å²) in [6, 6.07) is 1.93. The number of nitrogens with zero attached hydrogens (tertiary/aromatic N) is 2. The molecule has 1 aliphatic rings. The third-order valence-corrected chi connectivity index (χ3v) is 3.70. The van der Waals surface area contributed by atoms with E-state index in [4.69, 9.17) is 0 Å². The molecule has 3 N–H and O–H groups in total. The van der Waals surface area contributed by atoms with Crippen LogP contribution in [0.5, 0.6) is 0 Å². The van der Waals surface area contributed by atoms with Gasteiger partial charge in [-0.05, 0) is 19.8 Å². The second-order valence-electron chi connectivity index (χ2n) is 5.21. The first-order chi connectivity index (χ1) is 9.21. The minimum absolute atomic E-state index is 0.162. The number of anilines is 2.